The maximum Gasteiger partial charge on any atom is 0.265 e. The molecule has 4 rings (SSSR count). The summed E-state index contributed by atoms with van der Waals surface area (Å²) < 4.78 is 1.01. The van der Waals surface area contributed by atoms with Crippen molar-refractivity contribution in [3.63, 3.8) is 0 Å². The number of anilines is 1. The second-order valence-electron chi connectivity index (χ2n) is 7.15. The van der Waals surface area contributed by atoms with E-state index in [0.717, 1.165) is 35.0 Å². The van der Waals surface area contributed by atoms with Crippen LogP contribution in [0.1, 0.15) is 59.4 Å². The number of aryl methyl sites for hydroxylation is 2. The summed E-state index contributed by atoms with van der Waals surface area (Å²) in [5.74, 6) is -0.299. The zero-order valence-electron chi connectivity index (χ0n) is 18.3. The molecule has 1 aliphatic heterocycles. The van der Waals surface area contributed by atoms with Crippen LogP contribution in [0.2, 0.25) is 0 Å². The lowest BCUT2D eigenvalue weighted by Gasteiger charge is -2.05. The quantitative estimate of drug-likeness (QED) is 0.441. The van der Waals surface area contributed by atoms with Gasteiger partial charge in [0, 0.05) is 22.8 Å². The highest BCUT2D eigenvalue weighted by molar-refractivity contribution is 9.10. The summed E-state index contributed by atoms with van der Waals surface area (Å²) in [6.45, 7) is 6.06. The second kappa shape index (κ2) is 12.1. The maximum absolute atomic E-state index is 11.2. The Morgan fingerprint density at radius 2 is 1.74 bits per heavy atom. The highest BCUT2D eigenvalue weighted by atomic mass is 79.9. The highest BCUT2D eigenvalue weighted by Gasteiger charge is 2.12. The van der Waals surface area contributed by atoms with Gasteiger partial charge in [0.05, 0.1) is 0 Å². The van der Waals surface area contributed by atoms with Gasteiger partial charge in [-0.1, -0.05) is 65.7 Å². The molecule has 5 nitrogen and oxygen atoms in total. The number of carbonyl (C=O) groups is 2. The van der Waals surface area contributed by atoms with Gasteiger partial charge >= 0.3 is 0 Å². The third-order valence-corrected chi connectivity index (χ3v) is 5.23. The van der Waals surface area contributed by atoms with Crippen molar-refractivity contribution in [3.05, 3.63) is 87.1 Å². The van der Waals surface area contributed by atoms with E-state index >= 15 is 0 Å². The largest absolute Gasteiger partial charge is 0.364 e. The van der Waals surface area contributed by atoms with Gasteiger partial charge in [-0.05, 0) is 61.1 Å². The number of aromatic nitrogens is 1. The predicted octanol–water partition coefficient (Wildman–Crippen LogP) is 5.76. The zero-order chi connectivity index (χ0) is 22.8. The van der Waals surface area contributed by atoms with Crippen molar-refractivity contribution in [1.29, 1.82) is 0 Å². The number of nitrogens with two attached hydrogens (primary N) is 1. The summed E-state index contributed by atoms with van der Waals surface area (Å²) in [5.41, 5.74) is 11.4. The summed E-state index contributed by atoms with van der Waals surface area (Å²) in [6.07, 6.45) is 5.19. The lowest BCUT2D eigenvalue weighted by molar-refractivity contribution is -0.116. The number of primary amides is 1. The Morgan fingerprint density at radius 1 is 1.03 bits per heavy atom. The molecule has 4 N–H and O–H groups in total. The number of halogens is 1. The first-order valence-corrected chi connectivity index (χ1v) is 11.3. The van der Waals surface area contributed by atoms with Crippen LogP contribution in [0.5, 0.6) is 0 Å². The first kappa shape index (κ1) is 24.4. The Bertz CT molecular complexity index is 1010. The van der Waals surface area contributed by atoms with Crippen LogP contribution in [0.4, 0.5) is 5.69 Å². The first-order chi connectivity index (χ1) is 14.9. The molecule has 2 heterocycles. The number of rotatable bonds is 3. The Hall–Kier alpha value is -2.86. The normalized spacial score (nSPS) is 12.2. The molecular weight excluding hydrogens is 454 g/mol. The molecule has 3 aromatic rings. The topological polar surface area (TPSA) is 88.0 Å². The maximum atomic E-state index is 11.2. The molecule has 0 saturated carbocycles. The highest BCUT2D eigenvalue weighted by Crippen LogP contribution is 2.25. The summed E-state index contributed by atoms with van der Waals surface area (Å²) >= 11 is 3.38. The third kappa shape index (κ3) is 7.72. The van der Waals surface area contributed by atoms with Crippen LogP contribution in [0.15, 0.2) is 59.2 Å². The standard InChI is InChI=1S/C13H14N2O.C10H10BrNO.C2H6/c1-9-2-4-10(5-3-9)6-11-7-12(13(14)16)15-8-11;11-8-5-4-7-2-1-3-10(13)12-9(7)6-8;1-2/h2-5,7-8,15H,6H2,1H3,(H2,14,16);4-6H,1-3H2,(H,12,13);1-2H3. The second-order valence-corrected chi connectivity index (χ2v) is 8.07. The minimum atomic E-state index is -0.421. The Labute approximate surface area is 192 Å². The number of carbonyl (C=O) groups excluding carboxylic acids is 2. The molecule has 1 aromatic heterocycles. The molecule has 0 aliphatic carbocycles. The van der Waals surface area contributed by atoms with Crippen LogP contribution in [-0.2, 0) is 17.6 Å². The van der Waals surface area contributed by atoms with Gasteiger partial charge in [-0.15, -0.1) is 0 Å². The average Bonchev–Trinajstić information content (AvgIpc) is 3.14. The number of nitrogens with one attached hydrogen (secondary N) is 2. The van der Waals surface area contributed by atoms with Crippen LogP contribution in [0, 0.1) is 6.92 Å². The van der Waals surface area contributed by atoms with E-state index < -0.39 is 5.91 Å². The minimum absolute atomic E-state index is 0.122. The molecule has 0 saturated heterocycles. The number of amides is 2. The van der Waals surface area contributed by atoms with E-state index in [4.69, 9.17) is 5.73 Å². The van der Waals surface area contributed by atoms with Gasteiger partial charge in [0.25, 0.3) is 5.91 Å². The van der Waals surface area contributed by atoms with Crippen molar-refractivity contribution in [2.24, 2.45) is 5.73 Å². The van der Waals surface area contributed by atoms with Crippen LogP contribution in [0.3, 0.4) is 0 Å². The number of hydrogen-bond donors (Lipinski definition) is 3. The van der Waals surface area contributed by atoms with Crippen molar-refractivity contribution in [1.82, 2.24) is 4.98 Å². The fourth-order valence-electron chi connectivity index (χ4n) is 3.16. The van der Waals surface area contributed by atoms with Crippen molar-refractivity contribution in [3.8, 4) is 0 Å². The van der Waals surface area contributed by atoms with Gasteiger partial charge in [-0.3, -0.25) is 9.59 Å². The smallest absolute Gasteiger partial charge is 0.265 e. The van der Waals surface area contributed by atoms with Gasteiger partial charge in [0.15, 0.2) is 0 Å². The molecule has 1 aliphatic rings. The van der Waals surface area contributed by atoms with Crippen molar-refractivity contribution in [2.45, 2.75) is 46.5 Å². The van der Waals surface area contributed by atoms with Gasteiger partial charge in [-0.2, -0.15) is 0 Å². The van der Waals surface area contributed by atoms with E-state index in [1.165, 1.54) is 16.7 Å². The zero-order valence-corrected chi connectivity index (χ0v) is 19.9. The molecule has 0 spiro atoms. The molecule has 0 radical (unpaired) electrons. The van der Waals surface area contributed by atoms with Crippen molar-refractivity contribution >= 4 is 33.4 Å². The predicted molar refractivity (Wildman–Crippen MR) is 130 cm³/mol. The molecule has 2 amide bonds. The van der Waals surface area contributed by atoms with Crippen LogP contribution >= 0.6 is 15.9 Å². The molecule has 2 aromatic carbocycles. The van der Waals surface area contributed by atoms with E-state index in [-0.39, 0.29) is 5.91 Å². The lowest BCUT2D eigenvalue weighted by Crippen LogP contribution is -2.10. The van der Waals surface area contributed by atoms with Gasteiger partial charge in [-0.25, -0.2) is 0 Å². The molecule has 0 bridgehead atoms. The lowest BCUT2D eigenvalue weighted by atomic mass is 10.1. The van der Waals surface area contributed by atoms with Gasteiger partial charge < -0.3 is 16.0 Å². The molecule has 0 fully saturated rings. The first-order valence-electron chi connectivity index (χ1n) is 10.5. The summed E-state index contributed by atoms with van der Waals surface area (Å²) in [5, 5.41) is 2.89. The molecule has 0 unspecified atom stereocenters. The Morgan fingerprint density at radius 3 is 2.39 bits per heavy atom. The van der Waals surface area contributed by atoms with E-state index in [1.54, 1.807) is 6.07 Å². The Kier molecular flexibility index (Phi) is 9.53. The summed E-state index contributed by atoms with van der Waals surface area (Å²) in [4.78, 5) is 25.0. The van der Waals surface area contributed by atoms with E-state index in [0.29, 0.717) is 12.1 Å². The minimum Gasteiger partial charge on any atom is -0.364 e. The molecule has 0 atom stereocenters. The number of aromatic amines is 1. The molecule has 6 heteroatoms. The number of benzene rings is 2. The molecular formula is C25H30BrN3O2. The number of hydrogen-bond acceptors (Lipinski definition) is 2. The SMILES string of the molecule is CC.Cc1ccc(Cc2c[nH]c(C(N)=O)c2)cc1.O=C1CCCc2ccc(Br)cc2N1. The van der Waals surface area contributed by atoms with E-state index in [9.17, 15) is 9.59 Å². The van der Waals surface area contributed by atoms with Crippen molar-refractivity contribution < 1.29 is 9.59 Å². The fraction of sp³-hybridized carbons (Fsp3) is 0.280. The monoisotopic (exact) mass is 483 g/mol. The molecule has 31 heavy (non-hydrogen) atoms. The van der Waals surface area contributed by atoms with Gasteiger partial charge in [0.2, 0.25) is 5.91 Å². The van der Waals surface area contributed by atoms with Gasteiger partial charge in [0.1, 0.15) is 5.69 Å². The van der Waals surface area contributed by atoms with E-state index in [1.807, 2.05) is 32.2 Å². The van der Waals surface area contributed by atoms with Crippen LogP contribution < -0.4 is 11.1 Å². The number of fused-ring (bicyclic) bond motifs is 1. The van der Waals surface area contributed by atoms with Crippen molar-refractivity contribution in [2.75, 3.05) is 5.32 Å². The molecule has 164 valence electrons. The van der Waals surface area contributed by atoms with E-state index in [2.05, 4.69) is 63.5 Å². The summed E-state index contributed by atoms with van der Waals surface area (Å²) in [6, 6.07) is 16.2. The Balaban J connectivity index is 0.000000208. The summed E-state index contributed by atoms with van der Waals surface area (Å²) in [7, 11) is 0. The average molecular weight is 484 g/mol. The fourth-order valence-corrected chi connectivity index (χ4v) is 3.52. The third-order valence-electron chi connectivity index (χ3n) is 4.73. The van der Waals surface area contributed by atoms with Crippen LogP contribution in [0.25, 0.3) is 0 Å². The van der Waals surface area contributed by atoms with Crippen LogP contribution in [-0.4, -0.2) is 16.8 Å². The number of H-pyrrole nitrogens is 1.